The van der Waals surface area contributed by atoms with Gasteiger partial charge < -0.3 is 15.0 Å². The van der Waals surface area contributed by atoms with E-state index in [-0.39, 0.29) is 30.9 Å². The van der Waals surface area contributed by atoms with Crippen molar-refractivity contribution in [2.75, 3.05) is 19.7 Å². The van der Waals surface area contributed by atoms with Crippen molar-refractivity contribution in [1.82, 2.24) is 20.1 Å². The molecule has 39 heavy (non-hydrogen) atoms. The summed E-state index contributed by atoms with van der Waals surface area (Å²) in [5, 5.41) is 2.93. The van der Waals surface area contributed by atoms with Crippen molar-refractivity contribution in [3.05, 3.63) is 101 Å². The number of nitrogens with one attached hydrogen (secondary N) is 1. The fourth-order valence-corrected chi connectivity index (χ4v) is 5.41. The number of carbonyl (C=O) groups excluding carboxylic acids is 3. The highest BCUT2D eigenvalue weighted by molar-refractivity contribution is 5.99. The summed E-state index contributed by atoms with van der Waals surface area (Å²) < 4.78 is 6.31. The average Bonchev–Trinajstić information content (AvgIpc) is 3.34. The van der Waals surface area contributed by atoms with Gasteiger partial charge in [0.05, 0.1) is 18.8 Å². The second kappa shape index (κ2) is 11.4. The zero-order valence-electron chi connectivity index (χ0n) is 22.4. The quantitative estimate of drug-likeness (QED) is 0.528. The maximum Gasteiger partial charge on any atom is 0.256 e. The molecule has 5 rings (SSSR count). The molecule has 2 aromatic carbocycles. The molecule has 1 N–H and O–H groups in total. The Hall–Kier alpha value is -4.04. The Morgan fingerprint density at radius 1 is 0.974 bits per heavy atom. The zero-order valence-corrected chi connectivity index (χ0v) is 22.4. The van der Waals surface area contributed by atoms with Crippen LogP contribution in [0.5, 0.6) is 0 Å². The van der Waals surface area contributed by atoms with Gasteiger partial charge in [0.1, 0.15) is 11.8 Å². The van der Waals surface area contributed by atoms with Gasteiger partial charge in [-0.15, -0.1) is 0 Å². The zero-order chi connectivity index (χ0) is 27.4. The van der Waals surface area contributed by atoms with Gasteiger partial charge in [0.2, 0.25) is 5.91 Å². The Morgan fingerprint density at radius 3 is 2.41 bits per heavy atom. The molecule has 202 valence electrons. The fourth-order valence-electron chi connectivity index (χ4n) is 5.41. The number of piperidine rings is 1. The highest BCUT2D eigenvalue weighted by atomic mass is 16.5. The SMILES string of the molecule is CCc1ccc(C(=O)N2CCC3(CC2)OC[C@H](C(=O)NCc2ccccn2)N3C(=O)c2cccc(C)c2)cc1. The van der Waals surface area contributed by atoms with E-state index in [9.17, 15) is 14.4 Å². The molecule has 0 bridgehead atoms. The molecule has 8 heteroatoms. The van der Waals surface area contributed by atoms with Crippen LogP contribution < -0.4 is 5.32 Å². The normalized spacial score (nSPS) is 18.3. The summed E-state index contributed by atoms with van der Waals surface area (Å²) >= 11 is 0. The van der Waals surface area contributed by atoms with Crippen LogP contribution in [0.15, 0.2) is 72.9 Å². The van der Waals surface area contributed by atoms with Gasteiger partial charge in [-0.3, -0.25) is 24.3 Å². The van der Waals surface area contributed by atoms with Crippen molar-refractivity contribution in [2.45, 2.75) is 51.4 Å². The van der Waals surface area contributed by atoms with Gasteiger partial charge in [-0.05, 0) is 55.3 Å². The molecule has 3 heterocycles. The lowest BCUT2D eigenvalue weighted by atomic mass is 9.95. The number of nitrogens with zero attached hydrogens (tertiary/aromatic N) is 3. The Bertz CT molecular complexity index is 1330. The van der Waals surface area contributed by atoms with Gasteiger partial charge >= 0.3 is 0 Å². The number of hydrogen-bond donors (Lipinski definition) is 1. The Morgan fingerprint density at radius 2 is 1.74 bits per heavy atom. The number of aromatic nitrogens is 1. The van der Waals surface area contributed by atoms with Gasteiger partial charge in [-0.2, -0.15) is 0 Å². The topological polar surface area (TPSA) is 91.8 Å². The van der Waals surface area contributed by atoms with Crippen molar-refractivity contribution >= 4 is 17.7 Å². The summed E-state index contributed by atoms with van der Waals surface area (Å²) in [7, 11) is 0. The third kappa shape index (κ3) is 5.56. The molecule has 1 aromatic heterocycles. The van der Waals surface area contributed by atoms with Gasteiger partial charge in [-0.25, -0.2) is 0 Å². The van der Waals surface area contributed by atoms with Crippen LogP contribution in [-0.4, -0.2) is 64.0 Å². The van der Waals surface area contributed by atoms with Gasteiger partial charge in [0, 0.05) is 43.3 Å². The fraction of sp³-hybridized carbons (Fsp3) is 0.355. The Kier molecular flexibility index (Phi) is 7.74. The molecule has 0 radical (unpaired) electrons. The van der Waals surface area contributed by atoms with Crippen molar-refractivity contribution in [3.8, 4) is 0 Å². The summed E-state index contributed by atoms with van der Waals surface area (Å²) in [6, 6.07) is 19.8. The molecule has 1 spiro atoms. The monoisotopic (exact) mass is 526 g/mol. The third-order valence-corrected chi connectivity index (χ3v) is 7.66. The van der Waals surface area contributed by atoms with Gasteiger partial charge in [-0.1, -0.05) is 42.8 Å². The maximum absolute atomic E-state index is 13.9. The Balaban J connectivity index is 1.35. The van der Waals surface area contributed by atoms with E-state index in [2.05, 4.69) is 17.2 Å². The molecule has 0 saturated carbocycles. The first-order valence-corrected chi connectivity index (χ1v) is 13.5. The van der Waals surface area contributed by atoms with Gasteiger partial charge in [0.15, 0.2) is 0 Å². The van der Waals surface area contributed by atoms with Gasteiger partial charge in [0.25, 0.3) is 11.8 Å². The van der Waals surface area contributed by atoms with E-state index in [1.54, 1.807) is 22.1 Å². The number of aryl methyl sites for hydroxylation is 2. The number of ether oxygens (including phenoxy) is 1. The van der Waals surface area contributed by atoms with E-state index in [1.807, 2.05) is 67.6 Å². The van der Waals surface area contributed by atoms with Crippen LogP contribution in [0.2, 0.25) is 0 Å². The number of likely N-dealkylation sites (tertiary alicyclic amines) is 1. The number of amides is 3. The highest BCUT2D eigenvalue weighted by Crippen LogP contribution is 2.39. The maximum atomic E-state index is 13.9. The molecule has 0 aliphatic carbocycles. The standard InChI is InChI=1S/C31H34N4O4/c1-3-23-10-12-24(13-11-23)29(37)34-17-14-31(15-18-34)35(30(38)25-8-6-7-22(2)19-25)27(21-39-31)28(36)33-20-26-9-4-5-16-32-26/h4-13,16,19,27H,3,14-15,17-18,20-21H2,1-2H3,(H,33,36)/t27-/m1/s1. The summed E-state index contributed by atoms with van der Waals surface area (Å²) in [5.41, 5.74) is 3.07. The minimum Gasteiger partial charge on any atom is -0.353 e. The van der Waals surface area contributed by atoms with Crippen LogP contribution in [0.1, 0.15) is 57.3 Å². The number of rotatable bonds is 6. The molecular formula is C31H34N4O4. The molecule has 3 aromatic rings. The summed E-state index contributed by atoms with van der Waals surface area (Å²) in [6.07, 6.45) is 3.44. The van der Waals surface area contributed by atoms with E-state index < -0.39 is 11.8 Å². The highest BCUT2D eigenvalue weighted by Gasteiger charge is 2.54. The lowest BCUT2D eigenvalue weighted by molar-refractivity contribution is -0.128. The van der Waals surface area contributed by atoms with E-state index in [4.69, 9.17) is 4.74 Å². The van der Waals surface area contributed by atoms with Crippen LogP contribution >= 0.6 is 0 Å². The first-order chi connectivity index (χ1) is 18.9. The van der Waals surface area contributed by atoms with Crippen molar-refractivity contribution in [1.29, 1.82) is 0 Å². The van der Waals surface area contributed by atoms with E-state index in [1.165, 1.54) is 5.56 Å². The molecule has 8 nitrogen and oxygen atoms in total. The average molecular weight is 527 g/mol. The van der Waals surface area contributed by atoms with Crippen LogP contribution in [0.3, 0.4) is 0 Å². The minimum atomic E-state index is -0.962. The second-order valence-corrected chi connectivity index (χ2v) is 10.2. The number of benzene rings is 2. The lowest BCUT2D eigenvalue weighted by Crippen LogP contribution is -2.59. The molecular weight excluding hydrogens is 492 g/mol. The van der Waals surface area contributed by atoms with Crippen LogP contribution in [0.4, 0.5) is 0 Å². The number of carbonyl (C=O) groups is 3. The number of pyridine rings is 1. The third-order valence-electron chi connectivity index (χ3n) is 7.66. The summed E-state index contributed by atoms with van der Waals surface area (Å²) in [6.45, 7) is 5.22. The first-order valence-electron chi connectivity index (χ1n) is 13.5. The molecule has 2 fully saturated rings. The van der Waals surface area contributed by atoms with Crippen LogP contribution in [0, 0.1) is 6.92 Å². The molecule has 2 aliphatic heterocycles. The van der Waals surface area contributed by atoms with E-state index >= 15 is 0 Å². The molecule has 3 amide bonds. The molecule has 2 aliphatic rings. The lowest BCUT2D eigenvalue weighted by Gasteiger charge is -2.44. The van der Waals surface area contributed by atoms with Crippen LogP contribution in [0.25, 0.3) is 0 Å². The second-order valence-electron chi connectivity index (χ2n) is 10.2. The van der Waals surface area contributed by atoms with Crippen molar-refractivity contribution < 1.29 is 19.1 Å². The smallest absolute Gasteiger partial charge is 0.256 e. The number of hydrogen-bond acceptors (Lipinski definition) is 5. The minimum absolute atomic E-state index is 0.0354. The largest absolute Gasteiger partial charge is 0.353 e. The summed E-state index contributed by atoms with van der Waals surface area (Å²) in [5.74, 6) is -0.566. The molecule has 0 unspecified atom stereocenters. The molecule has 1 atom stereocenters. The predicted octanol–water partition coefficient (Wildman–Crippen LogP) is 3.74. The van der Waals surface area contributed by atoms with E-state index in [0.29, 0.717) is 37.1 Å². The predicted molar refractivity (Wildman–Crippen MR) is 147 cm³/mol. The van der Waals surface area contributed by atoms with Crippen LogP contribution in [-0.2, 0) is 22.5 Å². The van der Waals surface area contributed by atoms with Crippen molar-refractivity contribution in [3.63, 3.8) is 0 Å². The van der Waals surface area contributed by atoms with E-state index in [0.717, 1.165) is 17.7 Å². The summed E-state index contributed by atoms with van der Waals surface area (Å²) in [4.78, 5) is 48.2. The van der Waals surface area contributed by atoms with Crippen molar-refractivity contribution in [2.24, 2.45) is 0 Å². The Labute approximate surface area is 229 Å². The first kappa shape index (κ1) is 26.6. The molecule has 2 saturated heterocycles.